The van der Waals surface area contributed by atoms with Gasteiger partial charge < -0.3 is 20.5 Å². The predicted octanol–water partition coefficient (Wildman–Crippen LogP) is 4.22. The number of piperidine rings is 1. The van der Waals surface area contributed by atoms with Gasteiger partial charge in [-0.2, -0.15) is 5.06 Å². The van der Waals surface area contributed by atoms with Crippen LogP contribution in [0.15, 0.2) is 48.5 Å². The van der Waals surface area contributed by atoms with Gasteiger partial charge in [-0.25, -0.2) is 9.59 Å². The summed E-state index contributed by atoms with van der Waals surface area (Å²) in [7, 11) is 0. The number of anilines is 1. The maximum Gasteiger partial charge on any atom is 0.333 e. The Balaban J connectivity index is 0.00000507. The number of aryl methyl sites for hydroxylation is 1. The molecule has 0 spiro atoms. The van der Waals surface area contributed by atoms with Crippen LogP contribution >= 0.6 is 12.4 Å². The van der Waals surface area contributed by atoms with E-state index in [2.05, 4.69) is 5.32 Å². The van der Waals surface area contributed by atoms with Gasteiger partial charge in [-0.05, 0) is 74.2 Å². The molecule has 2 aromatic rings. The number of nitrogens with zero attached hydrogens (tertiary/aromatic N) is 1. The molecule has 3 unspecified atom stereocenters. The van der Waals surface area contributed by atoms with Gasteiger partial charge in [0, 0.05) is 30.3 Å². The quantitative estimate of drug-likeness (QED) is 0.157. The maximum absolute atomic E-state index is 13.0. The van der Waals surface area contributed by atoms with Crippen molar-refractivity contribution in [1.82, 2.24) is 5.06 Å². The Morgan fingerprint density at radius 2 is 1.95 bits per heavy atom. The molecule has 4 N–H and O–H groups in total. The molecule has 1 heterocycles. The number of nitrogen functional groups attached to an aromatic ring is 1. The molecule has 9 nitrogen and oxygen atoms in total. The minimum absolute atomic E-state index is 0. The van der Waals surface area contributed by atoms with Crippen LogP contribution in [0.1, 0.15) is 56.3 Å². The summed E-state index contributed by atoms with van der Waals surface area (Å²) in [4.78, 5) is 29.7. The minimum atomic E-state index is -0.762. The van der Waals surface area contributed by atoms with Crippen LogP contribution in [0.2, 0.25) is 0 Å². The number of nitrogens with two attached hydrogens (primary N) is 1. The lowest BCUT2D eigenvalue weighted by atomic mass is 9.99. The Morgan fingerprint density at radius 3 is 2.55 bits per heavy atom. The van der Waals surface area contributed by atoms with Gasteiger partial charge in [-0.3, -0.25) is 10.2 Å². The molecular formula is C28H37ClN4O5. The summed E-state index contributed by atoms with van der Waals surface area (Å²) < 4.78 is 11.7. The highest BCUT2D eigenvalue weighted by atomic mass is 35.5. The van der Waals surface area contributed by atoms with Crippen LogP contribution in [0.5, 0.6) is 5.75 Å². The van der Waals surface area contributed by atoms with Crippen LogP contribution in [0, 0.1) is 5.41 Å². The number of nitrogens with one attached hydrogen (secondary N) is 2. The molecule has 0 amide bonds. The lowest BCUT2D eigenvalue weighted by molar-refractivity contribution is -0.192. The molecule has 0 bridgehead atoms. The molecule has 1 saturated heterocycles. The molecule has 3 rings (SSSR count). The van der Waals surface area contributed by atoms with Crippen LogP contribution in [-0.4, -0.2) is 54.7 Å². The van der Waals surface area contributed by atoms with Crippen LogP contribution in [-0.2, 0) is 25.6 Å². The summed E-state index contributed by atoms with van der Waals surface area (Å²) in [5.41, 5.74) is 8.59. The summed E-state index contributed by atoms with van der Waals surface area (Å²) in [6.07, 6.45) is 3.42. The van der Waals surface area contributed by atoms with Crippen LogP contribution in [0.25, 0.3) is 0 Å². The highest BCUT2D eigenvalue weighted by molar-refractivity contribution is 5.95. The van der Waals surface area contributed by atoms with Crippen molar-refractivity contribution in [3.05, 3.63) is 65.2 Å². The van der Waals surface area contributed by atoms with Gasteiger partial charge in [0.25, 0.3) is 0 Å². The minimum Gasteiger partial charge on any atom is -0.490 e. The van der Waals surface area contributed by atoms with E-state index in [1.54, 1.807) is 36.3 Å². The molecule has 0 radical (unpaired) electrons. The molecular weight excluding hydrogens is 508 g/mol. The number of hydrogen-bond donors (Lipinski definition) is 3. The molecule has 0 aromatic heterocycles. The van der Waals surface area contributed by atoms with Gasteiger partial charge >= 0.3 is 5.97 Å². The number of benzene rings is 2. The van der Waals surface area contributed by atoms with Crippen LogP contribution in [0.3, 0.4) is 0 Å². The molecule has 2 aromatic carbocycles. The topological polar surface area (TPSA) is 127 Å². The zero-order valence-electron chi connectivity index (χ0n) is 22.1. The standard InChI is InChI=1S/C28H36N4O5.ClH/c1-4-19-15-21(26(28(34)35-5-2)31-22-9-7-20(8-10-22)27(29)30)17-25(16-19)37-24-11-13-32(36-6-3)23(18-24)12-14-33;/h7-10,12,15-17,23-24,26,31H,4-6,11,13,18H2,1-3H3,(H3,29,30);1H. The van der Waals surface area contributed by atoms with Crippen molar-refractivity contribution in [3.63, 3.8) is 0 Å². The molecule has 3 atom stereocenters. The van der Waals surface area contributed by atoms with Gasteiger partial charge in [0.1, 0.15) is 23.6 Å². The second kappa shape index (κ2) is 15.1. The fourth-order valence-corrected chi connectivity index (χ4v) is 4.34. The van der Waals surface area contributed by atoms with Crippen molar-refractivity contribution in [3.8, 4) is 5.75 Å². The third-order valence-electron chi connectivity index (χ3n) is 6.16. The van der Waals surface area contributed by atoms with Crippen molar-refractivity contribution in [2.24, 2.45) is 5.73 Å². The van der Waals surface area contributed by atoms with Crippen molar-refractivity contribution >= 4 is 35.8 Å². The van der Waals surface area contributed by atoms with Gasteiger partial charge in [0.15, 0.2) is 6.04 Å². The first-order valence-electron chi connectivity index (χ1n) is 12.7. The van der Waals surface area contributed by atoms with Crippen LogP contribution < -0.4 is 15.8 Å². The van der Waals surface area contributed by atoms with Gasteiger partial charge in [0.05, 0.1) is 19.3 Å². The zero-order chi connectivity index (χ0) is 26.8. The summed E-state index contributed by atoms with van der Waals surface area (Å²) >= 11 is 0. The second-order valence-corrected chi connectivity index (χ2v) is 8.76. The van der Waals surface area contributed by atoms with Crippen LogP contribution in [0.4, 0.5) is 5.69 Å². The first kappa shape index (κ1) is 30.9. The Morgan fingerprint density at radius 1 is 1.21 bits per heavy atom. The Hall–Kier alpha value is -3.36. The molecule has 1 fully saturated rings. The fourth-order valence-electron chi connectivity index (χ4n) is 4.34. The second-order valence-electron chi connectivity index (χ2n) is 8.76. The number of amidine groups is 1. The summed E-state index contributed by atoms with van der Waals surface area (Å²) in [5.74, 6) is 2.10. The third kappa shape index (κ3) is 8.33. The van der Waals surface area contributed by atoms with Crippen molar-refractivity contribution in [2.45, 2.75) is 58.2 Å². The monoisotopic (exact) mass is 544 g/mol. The molecule has 1 aliphatic heterocycles. The Kier molecular flexibility index (Phi) is 12.3. The average Bonchev–Trinajstić information content (AvgIpc) is 2.89. The summed E-state index contributed by atoms with van der Waals surface area (Å²) in [5, 5.41) is 12.6. The van der Waals surface area contributed by atoms with Gasteiger partial charge in [-0.1, -0.05) is 13.0 Å². The highest BCUT2D eigenvalue weighted by Crippen LogP contribution is 2.30. The maximum atomic E-state index is 13.0. The average molecular weight is 545 g/mol. The fraction of sp³-hybridized carbons (Fsp3) is 0.429. The number of carbonyl (C=O) groups excluding carboxylic acids is 2. The molecule has 0 saturated carbocycles. The Labute approximate surface area is 230 Å². The first-order chi connectivity index (χ1) is 17.9. The zero-order valence-corrected chi connectivity index (χ0v) is 22.9. The smallest absolute Gasteiger partial charge is 0.333 e. The number of carbonyl (C=O) groups is 1. The molecule has 206 valence electrons. The summed E-state index contributed by atoms with van der Waals surface area (Å²) in [6, 6.07) is 11.8. The third-order valence-corrected chi connectivity index (χ3v) is 6.16. The first-order valence-corrected chi connectivity index (χ1v) is 12.7. The largest absolute Gasteiger partial charge is 0.490 e. The van der Waals surface area contributed by atoms with E-state index in [1.807, 2.05) is 38.0 Å². The number of esters is 1. The van der Waals surface area contributed by atoms with Crippen molar-refractivity contribution < 1.29 is 23.9 Å². The van der Waals surface area contributed by atoms with E-state index in [-0.39, 0.29) is 37.0 Å². The van der Waals surface area contributed by atoms with E-state index in [1.165, 1.54) is 6.08 Å². The SMILES string of the molecule is CCOC(=O)C(Nc1ccc(C(=N)N)cc1)c1cc(CC)cc(OC2CCN(OCC)C(C=C=O)C2)c1.Cl. The van der Waals surface area contributed by atoms with E-state index in [9.17, 15) is 9.59 Å². The number of hydroxylamine groups is 2. The van der Waals surface area contributed by atoms with Crippen molar-refractivity contribution in [1.29, 1.82) is 5.41 Å². The predicted molar refractivity (Wildman–Crippen MR) is 150 cm³/mol. The van der Waals surface area contributed by atoms with E-state index >= 15 is 0 Å². The normalized spacial score (nSPS) is 17.9. The lowest BCUT2D eigenvalue weighted by Crippen LogP contribution is -2.45. The number of halogens is 1. The van der Waals surface area contributed by atoms with Gasteiger partial charge in [-0.15, -0.1) is 12.4 Å². The van der Waals surface area contributed by atoms with E-state index in [4.69, 9.17) is 25.5 Å². The highest BCUT2D eigenvalue weighted by Gasteiger charge is 2.30. The van der Waals surface area contributed by atoms with E-state index in [0.29, 0.717) is 36.6 Å². The van der Waals surface area contributed by atoms with Gasteiger partial charge in [0.2, 0.25) is 0 Å². The molecule has 10 heteroatoms. The number of rotatable bonds is 12. The van der Waals surface area contributed by atoms with E-state index < -0.39 is 12.0 Å². The lowest BCUT2D eigenvalue weighted by Gasteiger charge is -2.36. The summed E-state index contributed by atoms with van der Waals surface area (Å²) in [6.45, 7) is 7.13. The van der Waals surface area contributed by atoms with E-state index in [0.717, 1.165) is 24.0 Å². The molecule has 1 aliphatic rings. The number of hydrogen-bond acceptors (Lipinski definition) is 8. The number of ether oxygens (including phenoxy) is 2. The van der Waals surface area contributed by atoms with Crippen molar-refractivity contribution in [2.75, 3.05) is 25.1 Å². The molecule has 0 aliphatic carbocycles. The molecule has 38 heavy (non-hydrogen) atoms. The Bertz CT molecular complexity index is 1120.